The van der Waals surface area contributed by atoms with E-state index in [1.54, 1.807) is 25.1 Å². The molecule has 0 spiro atoms. The zero-order valence-corrected chi connectivity index (χ0v) is 21.6. The van der Waals surface area contributed by atoms with Crippen LogP contribution in [0.4, 0.5) is 0 Å². The fourth-order valence-electron chi connectivity index (χ4n) is 3.90. The SMILES string of the molecule is Cc1ccc(-c2ccc(C(=O)NS(=O)(=O)c3cccc(C)n3)c(Oc3c(C)cc(C)cc3C)n2)cc1. The number of hydrogen-bond donors (Lipinski definition) is 1. The van der Waals surface area contributed by atoms with Crippen molar-refractivity contribution in [3.05, 3.63) is 100 Å². The Morgan fingerprint density at radius 2 is 1.47 bits per heavy atom. The summed E-state index contributed by atoms with van der Waals surface area (Å²) in [5.74, 6) is -0.293. The van der Waals surface area contributed by atoms with Gasteiger partial charge in [0.25, 0.3) is 15.9 Å². The van der Waals surface area contributed by atoms with Gasteiger partial charge in [0.05, 0.1) is 5.69 Å². The number of nitrogens with one attached hydrogen (secondary N) is 1. The number of amides is 1. The lowest BCUT2D eigenvalue weighted by atomic mass is 10.1. The third-order valence-electron chi connectivity index (χ3n) is 5.62. The van der Waals surface area contributed by atoms with E-state index in [0.29, 0.717) is 17.1 Å². The van der Waals surface area contributed by atoms with Gasteiger partial charge in [0.2, 0.25) is 5.88 Å². The van der Waals surface area contributed by atoms with Crippen molar-refractivity contribution in [1.29, 1.82) is 0 Å². The van der Waals surface area contributed by atoms with Gasteiger partial charge in [-0.3, -0.25) is 4.79 Å². The lowest BCUT2D eigenvalue weighted by Crippen LogP contribution is -2.31. The molecule has 1 amide bonds. The van der Waals surface area contributed by atoms with Crippen LogP contribution in [0.5, 0.6) is 11.6 Å². The number of aryl methyl sites for hydroxylation is 5. The summed E-state index contributed by atoms with van der Waals surface area (Å²) in [7, 11) is -4.20. The molecule has 0 fully saturated rings. The number of aromatic nitrogens is 2. The highest BCUT2D eigenvalue weighted by atomic mass is 32.2. The number of nitrogens with zero attached hydrogens (tertiary/aromatic N) is 2. The Morgan fingerprint density at radius 1 is 0.806 bits per heavy atom. The lowest BCUT2D eigenvalue weighted by Gasteiger charge is -2.16. The number of pyridine rings is 2. The Hall–Kier alpha value is -4.04. The van der Waals surface area contributed by atoms with E-state index in [1.165, 1.54) is 12.1 Å². The molecule has 0 saturated carbocycles. The average Bonchev–Trinajstić information content (AvgIpc) is 2.81. The van der Waals surface area contributed by atoms with E-state index in [1.807, 2.05) is 64.1 Å². The predicted octanol–water partition coefficient (Wildman–Crippen LogP) is 5.60. The summed E-state index contributed by atoms with van der Waals surface area (Å²) in [6.45, 7) is 9.47. The molecule has 2 aromatic heterocycles. The van der Waals surface area contributed by atoms with Crippen LogP contribution in [0.2, 0.25) is 0 Å². The molecule has 0 bridgehead atoms. The second-order valence-corrected chi connectivity index (χ2v) is 10.4. The van der Waals surface area contributed by atoms with E-state index >= 15 is 0 Å². The molecule has 2 heterocycles. The largest absolute Gasteiger partial charge is 0.438 e. The second-order valence-electron chi connectivity index (χ2n) is 8.80. The van der Waals surface area contributed by atoms with Crippen LogP contribution < -0.4 is 9.46 Å². The van der Waals surface area contributed by atoms with Gasteiger partial charge in [-0.2, -0.15) is 8.42 Å². The molecule has 36 heavy (non-hydrogen) atoms. The van der Waals surface area contributed by atoms with Gasteiger partial charge in [-0.25, -0.2) is 14.7 Å². The Morgan fingerprint density at radius 3 is 2.11 bits per heavy atom. The summed E-state index contributed by atoms with van der Waals surface area (Å²) in [5, 5.41) is -0.243. The van der Waals surface area contributed by atoms with Crippen LogP contribution in [-0.2, 0) is 10.0 Å². The molecule has 0 aliphatic carbocycles. The van der Waals surface area contributed by atoms with Crippen molar-refractivity contribution in [1.82, 2.24) is 14.7 Å². The molecular formula is C28H27N3O4S. The maximum absolute atomic E-state index is 13.2. The Balaban J connectivity index is 1.77. The van der Waals surface area contributed by atoms with E-state index in [9.17, 15) is 13.2 Å². The van der Waals surface area contributed by atoms with E-state index < -0.39 is 15.9 Å². The van der Waals surface area contributed by atoms with Crippen LogP contribution in [0.25, 0.3) is 11.3 Å². The van der Waals surface area contributed by atoms with E-state index in [4.69, 9.17) is 4.74 Å². The van der Waals surface area contributed by atoms with Crippen LogP contribution in [0.15, 0.2) is 71.8 Å². The van der Waals surface area contributed by atoms with Crippen molar-refractivity contribution in [2.24, 2.45) is 0 Å². The summed E-state index contributed by atoms with van der Waals surface area (Å²) in [5.41, 5.74) is 5.86. The average molecular weight is 502 g/mol. The molecule has 8 heteroatoms. The molecule has 0 atom stereocenters. The van der Waals surface area contributed by atoms with Gasteiger partial charge in [0.15, 0.2) is 5.03 Å². The lowest BCUT2D eigenvalue weighted by molar-refractivity contribution is 0.0978. The molecule has 2 aromatic carbocycles. The normalized spacial score (nSPS) is 11.2. The number of rotatable bonds is 6. The minimum absolute atomic E-state index is 0.00743. The standard InChI is InChI=1S/C28H27N3O4S/c1-17-9-11-22(12-10-17)24-14-13-23(27(32)31-36(33,34)25-8-6-7-21(5)29-25)28(30-24)35-26-19(3)15-18(2)16-20(26)4/h6-16H,1-5H3,(H,31,32). The van der Waals surface area contributed by atoms with Crippen molar-refractivity contribution in [2.45, 2.75) is 39.6 Å². The molecule has 0 radical (unpaired) electrons. The Labute approximate surface area is 211 Å². The third-order valence-corrected chi connectivity index (χ3v) is 6.85. The van der Waals surface area contributed by atoms with Crippen LogP contribution >= 0.6 is 0 Å². The highest BCUT2D eigenvalue weighted by molar-refractivity contribution is 7.90. The number of ether oxygens (including phenoxy) is 1. The number of carbonyl (C=O) groups is 1. The van der Waals surface area contributed by atoms with Crippen molar-refractivity contribution >= 4 is 15.9 Å². The zero-order valence-electron chi connectivity index (χ0n) is 20.8. The predicted molar refractivity (Wildman–Crippen MR) is 139 cm³/mol. The zero-order chi connectivity index (χ0) is 26.0. The Bertz CT molecular complexity index is 1540. The quantitative estimate of drug-likeness (QED) is 0.369. The first-order valence-corrected chi connectivity index (χ1v) is 12.9. The maximum Gasteiger partial charge on any atom is 0.281 e. The highest BCUT2D eigenvalue weighted by Crippen LogP contribution is 2.32. The highest BCUT2D eigenvalue weighted by Gasteiger charge is 2.24. The topological polar surface area (TPSA) is 98.2 Å². The fourth-order valence-corrected chi connectivity index (χ4v) is 4.88. The molecule has 0 unspecified atom stereocenters. The molecule has 0 aliphatic rings. The molecule has 0 saturated heterocycles. The van der Waals surface area contributed by atoms with Gasteiger partial charge in [0.1, 0.15) is 11.3 Å². The Kier molecular flexibility index (Phi) is 6.90. The molecule has 1 N–H and O–H groups in total. The molecular weight excluding hydrogens is 474 g/mol. The number of sulfonamides is 1. The van der Waals surface area contributed by atoms with Gasteiger partial charge >= 0.3 is 0 Å². The van der Waals surface area contributed by atoms with Crippen LogP contribution in [0.1, 0.15) is 38.3 Å². The molecule has 4 aromatic rings. The third kappa shape index (κ3) is 5.44. The van der Waals surface area contributed by atoms with Gasteiger partial charge in [0, 0.05) is 11.3 Å². The minimum atomic E-state index is -4.20. The molecule has 184 valence electrons. The number of benzene rings is 2. The van der Waals surface area contributed by atoms with Gasteiger partial charge in [-0.1, -0.05) is 53.6 Å². The van der Waals surface area contributed by atoms with Gasteiger partial charge < -0.3 is 4.74 Å². The summed E-state index contributed by atoms with van der Waals surface area (Å²) in [6.07, 6.45) is 0. The van der Waals surface area contributed by atoms with E-state index in [2.05, 4.69) is 14.7 Å². The number of carbonyl (C=O) groups excluding carboxylic acids is 1. The summed E-state index contributed by atoms with van der Waals surface area (Å²) in [4.78, 5) is 21.8. The smallest absolute Gasteiger partial charge is 0.281 e. The van der Waals surface area contributed by atoms with Crippen LogP contribution in [-0.4, -0.2) is 24.3 Å². The second kappa shape index (κ2) is 9.91. The van der Waals surface area contributed by atoms with Crippen molar-refractivity contribution < 1.29 is 17.9 Å². The number of hydrogen-bond acceptors (Lipinski definition) is 6. The molecule has 7 nitrogen and oxygen atoms in total. The first kappa shape index (κ1) is 25.1. The fraction of sp³-hybridized carbons (Fsp3) is 0.179. The first-order chi connectivity index (χ1) is 17.0. The van der Waals surface area contributed by atoms with Crippen molar-refractivity contribution in [2.75, 3.05) is 0 Å². The van der Waals surface area contributed by atoms with Crippen LogP contribution in [0.3, 0.4) is 0 Å². The van der Waals surface area contributed by atoms with Gasteiger partial charge in [-0.05, 0) is 70.0 Å². The maximum atomic E-state index is 13.2. The minimum Gasteiger partial charge on any atom is -0.438 e. The van der Waals surface area contributed by atoms with Crippen LogP contribution in [0, 0.1) is 34.6 Å². The molecule has 4 rings (SSSR count). The molecule has 0 aliphatic heterocycles. The van der Waals surface area contributed by atoms with Crippen molar-refractivity contribution in [3.8, 4) is 22.9 Å². The van der Waals surface area contributed by atoms with Crippen molar-refractivity contribution in [3.63, 3.8) is 0 Å². The van der Waals surface area contributed by atoms with E-state index in [-0.39, 0.29) is 16.5 Å². The monoisotopic (exact) mass is 501 g/mol. The first-order valence-electron chi connectivity index (χ1n) is 11.4. The summed E-state index contributed by atoms with van der Waals surface area (Å²) in [6, 6.07) is 19.5. The summed E-state index contributed by atoms with van der Waals surface area (Å²) < 4.78 is 34.0. The summed E-state index contributed by atoms with van der Waals surface area (Å²) >= 11 is 0. The van der Waals surface area contributed by atoms with E-state index in [0.717, 1.165) is 27.8 Å². The van der Waals surface area contributed by atoms with Gasteiger partial charge in [-0.15, -0.1) is 0 Å².